The maximum absolute atomic E-state index is 12.3. The van der Waals surface area contributed by atoms with E-state index in [1.807, 2.05) is 24.0 Å². The first-order valence-electron chi connectivity index (χ1n) is 7.22. The fourth-order valence-corrected chi connectivity index (χ4v) is 2.66. The van der Waals surface area contributed by atoms with E-state index in [0.717, 1.165) is 25.2 Å². The maximum Gasteiger partial charge on any atom is 0.226 e. The Hall–Kier alpha value is -1.42. The van der Waals surface area contributed by atoms with Crippen molar-refractivity contribution in [1.82, 2.24) is 10.3 Å². The maximum atomic E-state index is 12.3. The van der Waals surface area contributed by atoms with Crippen molar-refractivity contribution in [3.05, 3.63) is 24.5 Å². The predicted molar refractivity (Wildman–Crippen MR) is 77.1 cm³/mol. The largest absolute Gasteiger partial charge is 0.316 e. The van der Waals surface area contributed by atoms with Crippen LogP contribution in [0.15, 0.2) is 24.5 Å². The first-order valence-corrected chi connectivity index (χ1v) is 7.22. The highest BCUT2D eigenvalue weighted by atomic mass is 16.2. The van der Waals surface area contributed by atoms with Crippen molar-refractivity contribution >= 4 is 11.6 Å². The topological polar surface area (TPSA) is 45.2 Å². The fourth-order valence-electron chi connectivity index (χ4n) is 2.66. The quantitative estimate of drug-likeness (QED) is 0.884. The van der Waals surface area contributed by atoms with Crippen LogP contribution in [-0.2, 0) is 4.79 Å². The molecular formula is C15H23N3O. The van der Waals surface area contributed by atoms with Crippen LogP contribution in [0.4, 0.5) is 5.69 Å². The van der Waals surface area contributed by atoms with E-state index in [4.69, 9.17) is 0 Å². The second-order valence-corrected chi connectivity index (χ2v) is 5.09. The summed E-state index contributed by atoms with van der Waals surface area (Å²) in [5.74, 6) is 0.883. The average Bonchev–Trinajstić information content (AvgIpc) is 2.48. The Morgan fingerprint density at radius 1 is 1.47 bits per heavy atom. The lowest BCUT2D eigenvalue weighted by molar-refractivity contribution is -0.118. The van der Waals surface area contributed by atoms with Gasteiger partial charge in [-0.05, 0) is 57.3 Å². The second kappa shape index (κ2) is 7.24. The van der Waals surface area contributed by atoms with Crippen LogP contribution >= 0.6 is 0 Å². The van der Waals surface area contributed by atoms with Gasteiger partial charge in [0.05, 0.1) is 0 Å². The molecule has 19 heavy (non-hydrogen) atoms. The van der Waals surface area contributed by atoms with Crippen molar-refractivity contribution in [2.45, 2.75) is 32.6 Å². The smallest absolute Gasteiger partial charge is 0.226 e. The molecule has 4 heteroatoms. The number of carbonyl (C=O) groups is 1. The lowest BCUT2D eigenvalue weighted by atomic mass is 9.94. The molecule has 1 amide bonds. The minimum Gasteiger partial charge on any atom is -0.316 e. The average molecular weight is 261 g/mol. The lowest BCUT2D eigenvalue weighted by Crippen LogP contribution is -2.33. The molecule has 1 fully saturated rings. The highest BCUT2D eigenvalue weighted by Crippen LogP contribution is 2.19. The molecule has 1 unspecified atom stereocenters. The van der Waals surface area contributed by atoms with E-state index >= 15 is 0 Å². The minimum absolute atomic E-state index is 0.222. The SMILES string of the molecule is CCN(C(=O)CCC1CCCNC1)c1ccncc1. The van der Waals surface area contributed by atoms with Crippen LogP contribution in [0.5, 0.6) is 0 Å². The Kier molecular flexibility index (Phi) is 5.33. The molecule has 1 N–H and O–H groups in total. The molecule has 104 valence electrons. The molecule has 1 saturated heterocycles. The first kappa shape index (κ1) is 14.0. The molecule has 0 aromatic carbocycles. The number of nitrogens with one attached hydrogen (secondary N) is 1. The third-order valence-electron chi connectivity index (χ3n) is 3.76. The van der Waals surface area contributed by atoms with E-state index in [9.17, 15) is 4.79 Å². The van der Waals surface area contributed by atoms with Crippen molar-refractivity contribution in [2.24, 2.45) is 5.92 Å². The van der Waals surface area contributed by atoms with E-state index in [1.165, 1.54) is 12.8 Å². The number of pyridine rings is 1. The normalized spacial score (nSPS) is 19.1. The summed E-state index contributed by atoms with van der Waals surface area (Å²) in [7, 11) is 0. The van der Waals surface area contributed by atoms with Crippen molar-refractivity contribution in [3.63, 3.8) is 0 Å². The van der Waals surface area contributed by atoms with Crippen molar-refractivity contribution in [1.29, 1.82) is 0 Å². The Morgan fingerprint density at radius 3 is 2.89 bits per heavy atom. The molecule has 2 heterocycles. The monoisotopic (exact) mass is 261 g/mol. The van der Waals surface area contributed by atoms with Crippen molar-refractivity contribution < 1.29 is 4.79 Å². The summed E-state index contributed by atoms with van der Waals surface area (Å²) in [5.41, 5.74) is 0.948. The Morgan fingerprint density at radius 2 is 2.26 bits per heavy atom. The molecular weight excluding hydrogens is 238 g/mol. The Bertz CT molecular complexity index is 388. The van der Waals surface area contributed by atoms with Gasteiger partial charge >= 0.3 is 0 Å². The summed E-state index contributed by atoms with van der Waals surface area (Å²) in [4.78, 5) is 18.1. The van der Waals surface area contributed by atoms with E-state index in [-0.39, 0.29) is 5.91 Å². The first-order chi connectivity index (χ1) is 9.31. The molecule has 1 aliphatic heterocycles. The summed E-state index contributed by atoms with van der Waals surface area (Å²) in [6, 6.07) is 3.78. The van der Waals surface area contributed by atoms with Gasteiger partial charge in [-0.1, -0.05) is 0 Å². The lowest BCUT2D eigenvalue weighted by Gasteiger charge is -2.25. The zero-order chi connectivity index (χ0) is 13.5. The van der Waals surface area contributed by atoms with Crippen molar-refractivity contribution in [2.75, 3.05) is 24.5 Å². The van der Waals surface area contributed by atoms with Gasteiger partial charge in [0.25, 0.3) is 0 Å². The number of anilines is 1. The number of piperidine rings is 1. The van der Waals surface area contributed by atoms with Gasteiger partial charge < -0.3 is 10.2 Å². The number of nitrogens with zero attached hydrogens (tertiary/aromatic N) is 2. The zero-order valence-electron chi connectivity index (χ0n) is 11.6. The molecule has 1 aliphatic rings. The summed E-state index contributed by atoms with van der Waals surface area (Å²) in [6.07, 6.45) is 7.59. The van der Waals surface area contributed by atoms with Crippen LogP contribution in [0.25, 0.3) is 0 Å². The van der Waals surface area contributed by atoms with Gasteiger partial charge in [-0.2, -0.15) is 0 Å². The van der Waals surface area contributed by atoms with Gasteiger partial charge in [-0.25, -0.2) is 0 Å². The number of amides is 1. The van der Waals surface area contributed by atoms with Gasteiger partial charge in [0.1, 0.15) is 0 Å². The molecule has 4 nitrogen and oxygen atoms in total. The van der Waals surface area contributed by atoms with Gasteiger partial charge in [0.2, 0.25) is 5.91 Å². The van der Waals surface area contributed by atoms with Crippen molar-refractivity contribution in [3.8, 4) is 0 Å². The predicted octanol–water partition coefficient (Wildman–Crippen LogP) is 2.21. The van der Waals surface area contributed by atoms with E-state index in [0.29, 0.717) is 18.9 Å². The standard InChI is InChI=1S/C15H23N3O/c1-2-18(14-7-10-16-11-8-14)15(19)6-5-13-4-3-9-17-12-13/h7-8,10-11,13,17H,2-6,9,12H2,1H3. The molecule has 0 spiro atoms. The molecule has 1 aromatic rings. The zero-order valence-corrected chi connectivity index (χ0v) is 11.6. The van der Waals surface area contributed by atoms with Gasteiger partial charge in [-0.15, -0.1) is 0 Å². The molecule has 0 saturated carbocycles. The number of rotatable bonds is 5. The van der Waals surface area contributed by atoms with E-state index in [2.05, 4.69) is 10.3 Å². The number of hydrogen-bond acceptors (Lipinski definition) is 3. The molecule has 1 atom stereocenters. The number of hydrogen-bond donors (Lipinski definition) is 1. The highest BCUT2D eigenvalue weighted by Gasteiger charge is 2.18. The molecule has 0 aliphatic carbocycles. The number of carbonyl (C=O) groups excluding carboxylic acids is 1. The molecule has 2 rings (SSSR count). The van der Waals surface area contributed by atoms with Gasteiger partial charge in [0.15, 0.2) is 0 Å². The summed E-state index contributed by atoms with van der Waals surface area (Å²) >= 11 is 0. The third-order valence-corrected chi connectivity index (χ3v) is 3.76. The van der Waals surface area contributed by atoms with Crippen LogP contribution in [0.2, 0.25) is 0 Å². The fraction of sp³-hybridized carbons (Fsp3) is 0.600. The summed E-state index contributed by atoms with van der Waals surface area (Å²) in [6.45, 7) is 4.92. The van der Waals surface area contributed by atoms with E-state index < -0.39 is 0 Å². The Balaban J connectivity index is 1.86. The molecule has 0 bridgehead atoms. The summed E-state index contributed by atoms with van der Waals surface area (Å²) < 4.78 is 0. The van der Waals surface area contributed by atoms with E-state index in [1.54, 1.807) is 12.4 Å². The van der Waals surface area contributed by atoms with Crippen LogP contribution in [-0.4, -0.2) is 30.5 Å². The van der Waals surface area contributed by atoms with Gasteiger partial charge in [-0.3, -0.25) is 9.78 Å². The third kappa shape index (κ3) is 4.03. The number of aromatic nitrogens is 1. The molecule has 0 radical (unpaired) electrons. The molecule has 1 aromatic heterocycles. The van der Waals surface area contributed by atoms with Gasteiger partial charge in [0, 0.05) is 31.0 Å². The van der Waals surface area contributed by atoms with Crippen LogP contribution in [0, 0.1) is 5.92 Å². The van der Waals surface area contributed by atoms with Crippen LogP contribution in [0.1, 0.15) is 32.6 Å². The Labute approximate surface area is 115 Å². The highest BCUT2D eigenvalue weighted by molar-refractivity contribution is 5.93. The van der Waals surface area contributed by atoms with Crippen LogP contribution < -0.4 is 10.2 Å². The second-order valence-electron chi connectivity index (χ2n) is 5.09. The summed E-state index contributed by atoms with van der Waals surface area (Å²) in [5, 5.41) is 3.40. The van der Waals surface area contributed by atoms with Crippen LogP contribution in [0.3, 0.4) is 0 Å². The minimum atomic E-state index is 0.222.